The number of fused-ring (bicyclic) bond motifs is 1. The summed E-state index contributed by atoms with van der Waals surface area (Å²) in [4.78, 5) is 27.0. The number of carbonyl (C=O) groups is 1. The molecule has 0 fully saturated rings. The number of benzene rings is 1. The second kappa shape index (κ2) is 6.34. The molecule has 0 aliphatic rings. The first kappa shape index (κ1) is 16.3. The molecular weight excluding hydrogens is 276 g/mol. The predicted molar refractivity (Wildman–Crippen MR) is 90.3 cm³/mol. The number of aryl methyl sites for hydroxylation is 2. The van der Waals surface area contributed by atoms with Crippen LogP contribution in [0.3, 0.4) is 0 Å². The van der Waals surface area contributed by atoms with Crippen molar-refractivity contribution in [2.75, 3.05) is 13.1 Å². The minimum Gasteiger partial charge on any atom is -0.341 e. The van der Waals surface area contributed by atoms with Crippen LogP contribution in [0.2, 0.25) is 0 Å². The third kappa shape index (κ3) is 2.65. The van der Waals surface area contributed by atoms with Gasteiger partial charge in [0.15, 0.2) is 0 Å². The Balaban J connectivity index is 2.70. The first-order valence-electron chi connectivity index (χ1n) is 7.82. The van der Waals surface area contributed by atoms with Gasteiger partial charge in [0.2, 0.25) is 5.91 Å². The predicted octanol–water partition coefficient (Wildman–Crippen LogP) is 3.05. The second-order valence-electron chi connectivity index (χ2n) is 5.69. The Bertz CT molecular complexity index is 758. The lowest BCUT2D eigenvalue weighted by Crippen LogP contribution is -2.39. The minimum absolute atomic E-state index is 0.0134. The van der Waals surface area contributed by atoms with Crippen LogP contribution < -0.4 is 5.56 Å². The van der Waals surface area contributed by atoms with Crippen LogP contribution in [0, 0.1) is 13.8 Å². The van der Waals surface area contributed by atoms with Gasteiger partial charge in [-0.3, -0.25) is 14.2 Å². The summed E-state index contributed by atoms with van der Waals surface area (Å²) < 4.78 is 1.64. The maximum absolute atomic E-state index is 12.7. The van der Waals surface area contributed by atoms with Crippen LogP contribution in [0.5, 0.6) is 0 Å². The summed E-state index contributed by atoms with van der Waals surface area (Å²) in [7, 11) is 0. The Kier molecular flexibility index (Phi) is 4.69. The molecule has 22 heavy (non-hydrogen) atoms. The fraction of sp³-hybridized carbons (Fsp3) is 0.444. The maximum atomic E-state index is 12.7. The molecular formula is C18H24N2O2. The molecule has 1 atom stereocenters. The molecule has 4 nitrogen and oxygen atoms in total. The molecule has 1 heterocycles. The van der Waals surface area contributed by atoms with E-state index in [0.29, 0.717) is 13.1 Å². The fourth-order valence-corrected chi connectivity index (χ4v) is 3.03. The molecule has 0 aliphatic carbocycles. The lowest BCUT2D eigenvalue weighted by Gasteiger charge is -2.26. The topological polar surface area (TPSA) is 42.3 Å². The van der Waals surface area contributed by atoms with E-state index in [1.807, 2.05) is 52.8 Å². The first-order chi connectivity index (χ1) is 10.4. The Hall–Kier alpha value is -2.10. The smallest absolute Gasteiger partial charge is 0.252 e. The SMILES string of the molecule is CCN(CC)C(=O)C(C)n1c(=O)cc(C)c2cccc(C)c21. The highest BCUT2D eigenvalue weighted by Gasteiger charge is 2.23. The molecule has 4 heteroatoms. The molecule has 1 aromatic carbocycles. The van der Waals surface area contributed by atoms with E-state index in [1.165, 1.54) is 0 Å². The molecule has 0 spiro atoms. The number of pyridine rings is 1. The van der Waals surface area contributed by atoms with Crippen LogP contribution in [0.1, 0.15) is 37.9 Å². The van der Waals surface area contributed by atoms with E-state index in [0.717, 1.165) is 22.0 Å². The van der Waals surface area contributed by atoms with Crippen molar-refractivity contribution in [2.45, 2.75) is 40.7 Å². The summed E-state index contributed by atoms with van der Waals surface area (Å²) in [5, 5.41) is 1.03. The van der Waals surface area contributed by atoms with E-state index in [-0.39, 0.29) is 11.5 Å². The molecule has 0 bridgehead atoms. The number of carbonyl (C=O) groups excluding carboxylic acids is 1. The molecule has 2 rings (SSSR count). The van der Waals surface area contributed by atoms with Crippen molar-refractivity contribution in [3.8, 4) is 0 Å². The number of likely N-dealkylation sites (N-methyl/N-ethyl adjacent to an activating group) is 1. The van der Waals surface area contributed by atoms with Gasteiger partial charge >= 0.3 is 0 Å². The van der Waals surface area contributed by atoms with Crippen LogP contribution in [0.25, 0.3) is 10.9 Å². The first-order valence-corrected chi connectivity index (χ1v) is 7.82. The molecule has 0 N–H and O–H groups in total. The van der Waals surface area contributed by atoms with Gasteiger partial charge in [-0.2, -0.15) is 0 Å². The van der Waals surface area contributed by atoms with Crippen molar-refractivity contribution >= 4 is 16.8 Å². The zero-order chi connectivity index (χ0) is 16.4. The van der Waals surface area contributed by atoms with Crippen LogP contribution >= 0.6 is 0 Å². The average Bonchev–Trinajstić information content (AvgIpc) is 2.49. The van der Waals surface area contributed by atoms with Crippen molar-refractivity contribution in [3.05, 3.63) is 45.7 Å². The van der Waals surface area contributed by atoms with Crippen molar-refractivity contribution < 1.29 is 4.79 Å². The van der Waals surface area contributed by atoms with Gasteiger partial charge in [-0.05, 0) is 45.7 Å². The monoisotopic (exact) mass is 300 g/mol. The molecule has 0 radical (unpaired) electrons. The van der Waals surface area contributed by atoms with Gasteiger partial charge < -0.3 is 4.90 Å². The van der Waals surface area contributed by atoms with Gasteiger partial charge in [0.1, 0.15) is 6.04 Å². The van der Waals surface area contributed by atoms with E-state index in [4.69, 9.17) is 0 Å². The molecule has 0 aliphatic heterocycles. The zero-order valence-electron chi connectivity index (χ0n) is 14.0. The summed E-state index contributed by atoms with van der Waals surface area (Å²) in [6, 6.07) is 7.08. The summed E-state index contributed by atoms with van der Waals surface area (Å²) in [5.41, 5.74) is 2.70. The van der Waals surface area contributed by atoms with Crippen LogP contribution in [-0.4, -0.2) is 28.5 Å². The summed E-state index contributed by atoms with van der Waals surface area (Å²) in [6.45, 7) is 10.9. The number of para-hydroxylation sites is 1. The fourth-order valence-electron chi connectivity index (χ4n) is 3.03. The highest BCUT2D eigenvalue weighted by molar-refractivity contribution is 5.88. The molecule has 1 unspecified atom stereocenters. The number of nitrogens with zero attached hydrogens (tertiary/aromatic N) is 2. The van der Waals surface area contributed by atoms with E-state index in [9.17, 15) is 9.59 Å². The maximum Gasteiger partial charge on any atom is 0.252 e. The third-order valence-corrected chi connectivity index (χ3v) is 4.30. The van der Waals surface area contributed by atoms with Crippen molar-refractivity contribution in [3.63, 3.8) is 0 Å². The van der Waals surface area contributed by atoms with Gasteiger partial charge in [0.25, 0.3) is 5.56 Å². The van der Waals surface area contributed by atoms with Crippen molar-refractivity contribution in [1.82, 2.24) is 9.47 Å². The van der Waals surface area contributed by atoms with E-state index < -0.39 is 6.04 Å². The number of hydrogen-bond acceptors (Lipinski definition) is 2. The standard InChI is InChI=1S/C18H24N2O2/c1-6-19(7-2)18(22)14(5)20-16(21)11-13(4)15-10-8-9-12(3)17(15)20/h8-11,14H,6-7H2,1-5H3. The number of aromatic nitrogens is 1. The zero-order valence-corrected chi connectivity index (χ0v) is 14.0. The van der Waals surface area contributed by atoms with Crippen LogP contribution in [-0.2, 0) is 4.79 Å². The number of amides is 1. The van der Waals surface area contributed by atoms with Gasteiger partial charge in [-0.25, -0.2) is 0 Å². The van der Waals surface area contributed by atoms with Gasteiger partial charge in [-0.1, -0.05) is 18.2 Å². The van der Waals surface area contributed by atoms with Crippen LogP contribution in [0.4, 0.5) is 0 Å². The largest absolute Gasteiger partial charge is 0.341 e. The van der Waals surface area contributed by atoms with E-state index in [1.54, 1.807) is 15.5 Å². The normalized spacial score (nSPS) is 12.4. The van der Waals surface area contributed by atoms with Gasteiger partial charge in [0.05, 0.1) is 5.52 Å². The van der Waals surface area contributed by atoms with Gasteiger partial charge in [-0.15, -0.1) is 0 Å². The van der Waals surface area contributed by atoms with E-state index in [2.05, 4.69) is 0 Å². The number of rotatable bonds is 4. The Morgan fingerprint density at radius 1 is 1.18 bits per heavy atom. The van der Waals surface area contributed by atoms with E-state index >= 15 is 0 Å². The summed E-state index contributed by atoms with van der Waals surface area (Å²) in [5.74, 6) is -0.0134. The van der Waals surface area contributed by atoms with Gasteiger partial charge in [0, 0.05) is 24.5 Å². The molecule has 0 saturated carbocycles. The summed E-state index contributed by atoms with van der Waals surface area (Å²) in [6.07, 6.45) is 0. The molecule has 1 aromatic heterocycles. The Labute approximate surface area is 131 Å². The molecule has 2 aromatic rings. The molecule has 0 saturated heterocycles. The highest BCUT2D eigenvalue weighted by atomic mass is 16.2. The Morgan fingerprint density at radius 2 is 1.82 bits per heavy atom. The van der Waals surface area contributed by atoms with Crippen molar-refractivity contribution in [2.24, 2.45) is 0 Å². The highest BCUT2D eigenvalue weighted by Crippen LogP contribution is 2.23. The lowest BCUT2D eigenvalue weighted by molar-refractivity contribution is -0.133. The average molecular weight is 300 g/mol. The lowest BCUT2D eigenvalue weighted by atomic mass is 10.0. The third-order valence-electron chi connectivity index (χ3n) is 4.30. The second-order valence-corrected chi connectivity index (χ2v) is 5.69. The molecule has 118 valence electrons. The summed E-state index contributed by atoms with van der Waals surface area (Å²) >= 11 is 0. The van der Waals surface area contributed by atoms with Crippen molar-refractivity contribution in [1.29, 1.82) is 0 Å². The molecule has 1 amide bonds. The van der Waals surface area contributed by atoms with Crippen LogP contribution in [0.15, 0.2) is 29.1 Å². The quantitative estimate of drug-likeness (QED) is 0.871. The number of hydrogen-bond donors (Lipinski definition) is 0. The Morgan fingerprint density at radius 3 is 2.41 bits per heavy atom. The minimum atomic E-state index is -0.503.